The van der Waals surface area contributed by atoms with Crippen LogP contribution in [0.15, 0.2) is 36.7 Å². The summed E-state index contributed by atoms with van der Waals surface area (Å²) in [6, 6.07) is 7.43. The number of nitrogens with zero attached hydrogens (tertiary/aromatic N) is 4. The molecule has 2 fully saturated rings. The first-order valence-corrected chi connectivity index (χ1v) is 14.0. The van der Waals surface area contributed by atoms with Gasteiger partial charge in [-0.05, 0) is 38.8 Å². The number of halogens is 1. The first-order valence-electron chi connectivity index (χ1n) is 12.5. The third-order valence-electron chi connectivity index (χ3n) is 6.30. The fourth-order valence-electron chi connectivity index (χ4n) is 4.15. The highest BCUT2D eigenvalue weighted by Crippen LogP contribution is 2.46. The minimum atomic E-state index is -4.22. The van der Waals surface area contributed by atoms with Crippen molar-refractivity contribution in [1.29, 1.82) is 0 Å². The summed E-state index contributed by atoms with van der Waals surface area (Å²) in [7, 11) is -3.03. The normalized spacial score (nSPS) is 25.3. The van der Waals surface area contributed by atoms with Gasteiger partial charge in [0.2, 0.25) is 0 Å². The van der Waals surface area contributed by atoms with Gasteiger partial charge in [0, 0.05) is 6.04 Å². The van der Waals surface area contributed by atoms with Crippen molar-refractivity contribution in [3.05, 3.63) is 42.5 Å². The lowest BCUT2D eigenvalue weighted by molar-refractivity contribution is -0.142. The summed E-state index contributed by atoms with van der Waals surface area (Å²) in [6.45, 7) is 2.62. The molecule has 0 bridgehead atoms. The van der Waals surface area contributed by atoms with Crippen LogP contribution in [0.2, 0.25) is 0 Å². The van der Waals surface area contributed by atoms with Crippen LogP contribution >= 0.6 is 7.75 Å². The number of imidazole rings is 1. The van der Waals surface area contributed by atoms with E-state index in [1.807, 2.05) is 0 Å². The van der Waals surface area contributed by atoms with E-state index in [0.717, 1.165) is 12.8 Å². The van der Waals surface area contributed by atoms with Crippen molar-refractivity contribution in [3.63, 3.8) is 0 Å². The van der Waals surface area contributed by atoms with Crippen LogP contribution in [0.3, 0.4) is 0 Å². The van der Waals surface area contributed by atoms with Gasteiger partial charge in [-0.3, -0.25) is 13.9 Å². The molecule has 1 aliphatic heterocycles. The predicted molar refractivity (Wildman–Crippen MR) is 137 cm³/mol. The highest BCUT2D eigenvalue weighted by Gasteiger charge is 2.47. The zero-order valence-electron chi connectivity index (χ0n) is 21.6. The number of aromatic nitrogens is 4. The molecular weight excluding hydrogens is 534 g/mol. The molecule has 0 radical (unpaired) electrons. The van der Waals surface area contributed by atoms with E-state index < -0.39 is 51.0 Å². The molecule has 39 heavy (non-hydrogen) atoms. The Morgan fingerprint density at radius 2 is 2.05 bits per heavy atom. The molecule has 5 rings (SSSR count). The number of carbonyl (C=O) groups excluding carboxylic acids is 1. The van der Waals surface area contributed by atoms with Gasteiger partial charge in [-0.25, -0.2) is 23.9 Å². The van der Waals surface area contributed by atoms with Crippen molar-refractivity contribution in [2.45, 2.75) is 63.4 Å². The molecule has 1 aromatic carbocycles. The zero-order chi connectivity index (χ0) is 27.7. The van der Waals surface area contributed by atoms with Crippen molar-refractivity contribution < 1.29 is 37.4 Å². The number of anilines is 1. The van der Waals surface area contributed by atoms with Crippen LogP contribution < -0.4 is 14.9 Å². The Bertz CT molecular complexity index is 1370. The molecule has 6 atom stereocenters. The smallest absolute Gasteiger partial charge is 0.459 e. The third-order valence-corrected chi connectivity index (χ3v) is 7.95. The predicted octanol–water partition coefficient (Wildman–Crippen LogP) is 2.66. The van der Waals surface area contributed by atoms with Crippen molar-refractivity contribution >= 4 is 30.7 Å². The van der Waals surface area contributed by atoms with Crippen LogP contribution in [0.5, 0.6) is 5.75 Å². The van der Waals surface area contributed by atoms with Crippen molar-refractivity contribution in [2.75, 3.05) is 19.0 Å². The second-order valence-electron chi connectivity index (χ2n) is 9.43. The topological polar surface area (TPSA) is 159 Å². The quantitative estimate of drug-likeness (QED) is 0.231. The van der Waals surface area contributed by atoms with Gasteiger partial charge in [0.1, 0.15) is 29.8 Å². The standard InChI is InChI=1S/C24H30FN6O7P/c1-13(24(33)35-3)30-39(34,38-16-7-5-4-6-8-16)36-11-17-20(32)18(25)23(37-17)31-12-26-19-21(29-15-9-10-15)27-14(2)28-22(19)31/h4-8,12-13,15,17-18,20,23,32H,9-11H2,1-3H3,(H,30,34)(H,27,28,29)/t13-,17-,18-,20-,23-,39?/m1/s1. The number of para-hydroxylation sites is 1. The molecule has 3 heterocycles. The molecular formula is C24H30FN6O7P. The number of fused-ring (bicyclic) bond motifs is 1. The second-order valence-corrected chi connectivity index (χ2v) is 11.1. The summed E-state index contributed by atoms with van der Waals surface area (Å²) in [6.07, 6.45) is -2.56. The maximum Gasteiger partial charge on any atom is 0.459 e. The third kappa shape index (κ3) is 6.04. The average Bonchev–Trinajstić information content (AvgIpc) is 3.56. The maximum atomic E-state index is 15.4. The zero-order valence-corrected chi connectivity index (χ0v) is 22.5. The van der Waals surface area contributed by atoms with E-state index in [1.54, 1.807) is 37.3 Å². The van der Waals surface area contributed by atoms with E-state index in [-0.39, 0.29) is 5.75 Å². The van der Waals surface area contributed by atoms with Crippen LogP contribution in [0.4, 0.5) is 10.2 Å². The molecule has 0 spiro atoms. The molecule has 3 N–H and O–H groups in total. The maximum absolute atomic E-state index is 15.4. The van der Waals surface area contributed by atoms with Gasteiger partial charge >= 0.3 is 13.7 Å². The summed E-state index contributed by atoms with van der Waals surface area (Å²) >= 11 is 0. The second kappa shape index (κ2) is 11.1. The van der Waals surface area contributed by atoms with Gasteiger partial charge < -0.3 is 24.4 Å². The molecule has 2 aliphatic rings. The number of alkyl halides is 1. The van der Waals surface area contributed by atoms with E-state index >= 15 is 4.39 Å². The molecule has 3 aromatic rings. The van der Waals surface area contributed by atoms with Crippen LogP contribution in [0.1, 0.15) is 31.8 Å². The molecule has 0 amide bonds. The molecule has 1 saturated carbocycles. The molecule has 15 heteroatoms. The van der Waals surface area contributed by atoms with E-state index in [1.165, 1.54) is 24.9 Å². The summed E-state index contributed by atoms with van der Waals surface area (Å²) < 4.78 is 51.9. The van der Waals surface area contributed by atoms with Crippen LogP contribution in [-0.2, 0) is 23.4 Å². The van der Waals surface area contributed by atoms with E-state index in [9.17, 15) is 14.5 Å². The Morgan fingerprint density at radius 1 is 1.31 bits per heavy atom. The van der Waals surface area contributed by atoms with Crippen molar-refractivity contribution in [3.8, 4) is 5.75 Å². The van der Waals surface area contributed by atoms with Gasteiger partial charge in [0.05, 0.1) is 20.0 Å². The Kier molecular flexibility index (Phi) is 7.83. The molecule has 210 valence electrons. The van der Waals surface area contributed by atoms with Gasteiger partial charge in [0.25, 0.3) is 0 Å². The molecule has 1 aliphatic carbocycles. The van der Waals surface area contributed by atoms with Crippen LogP contribution in [-0.4, -0.2) is 74.8 Å². The number of benzene rings is 1. The largest absolute Gasteiger partial charge is 0.468 e. The van der Waals surface area contributed by atoms with Crippen LogP contribution in [0, 0.1) is 6.92 Å². The summed E-state index contributed by atoms with van der Waals surface area (Å²) in [5.41, 5.74) is 0.804. The Balaban J connectivity index is 1.33. The lowest BCUT2D eigenvalue weighted by Crippen LogP contribution is -2.36. The number of aliphatic hydroxyl groups excluding tert-OH is 1. The summed E-state index contributed by atoms with van der Waals surface area (Å²) in [5, 5.41) is 16.5. The molecule has 13 nitrogen and oxygen atoms in total. The molecule has 2 aromatic heterocycles. The highest BCUT2D eigenvalue weighted by atomic mass is 31.2. The molecule has 1 unspecified atom stereocenters. The number of nitrogens with one attached hydrogen (secondary N) is 2. The van der Waals surface area contributed by atoms with Gasteiger partial charge in [0.15, 0.2) is 29.4 Å². The average molecular weight is 565 g/mol. The van der Waals surface area contributed by atoms with Gasteiger partial charge in [-0.1, -0.05) is 18.2 Å². The number of esters is 1. The number of aliphatic hydroxyl groups is 1. The SMILES string of the molecule is COC(=O)[C@@H](C)NP(=O)(OC[C@H]1O[C@@H](n2cnc3c(NC4CC4)nc(C)nc32)[C@H](F)[C@@H]1O)Oc1ccccc1. The van der Waals surface area contributed by atoms with Crippen molar-refractivity contribution in [2.24, 2.45) is 0 Å². The van der Waals surface area contributed by atoms with E-state index in [0.29, 0.717) is 28.8 Å². The molecule has 1 saturated heterocycles. The number of hydrogen-bond acceptors (Lipinski definition) is 11. The lowest BCUT2D eigenvalue weighted by atomic mass is 10.1. The Morgan fingerprint density at radius 3 is 2.74 bits per heavy atom. The minimum absolute atomic E-state index is 0.204. The van der Waals surface area contributed by atoms with E-state index in [4.69, 9.17) is 13.8 Å². The number of ether oxygens (including phenoxy) is 2. The fourth-order valence-corrected chi connectivity index (χ4v) is 5.65. The fraction of sp³-hybridized carbons (Fsp3) is 0.500. The Hall–Kier alpha value is -3.16. The van der Waals surface area contributed by atoms with Gasteiger partial charge in [-0.2, -0.15) is 5.09 Å². The number of hydrogen-bond donors (Lipinski definition) is 3. The monoisotopic (exact) mass is 564 g/mol. The first-order chi connectivity index (χ1) is 18.7. The van der Waals surface area contributed by atoms with E-state index in [2.05, 4.69) is 30.1 Å². The van der Waals surface area contributed by atoms with Crippen LogP contribution in [0.25, 0.3) is 11.2 Å². The summed E-state index contributed by atoms with van der Waals surface area (Å²) in [4.78, 5) is 25.1. The van der Waals surface area contributed by atoms with Crippen molar-refractivity contribution in [1.82, 2.24) is 24.6 Å². The number of rotatable bonds is 11. The highest BCUT2D eigenvalue weighted by molar-refractivity contribution is 7.52. The van der Waals surface area contributed by atoms with Gasteiger partial charge in [-0.15, -0.1) is 0 Å². The number of methoxy groups -OCH3 is 1. The summed E-state index contributed by atoms with van der Waals surface area (Å²) in [5.74, 6) is 0.523. The Labute approximate surface area is 223 Å². The first kappa shape index (κ1) is 27.4. The number of carbonyl (C=O) groups is 1. The minimum Gasteiger partial charge on any atom is -0.468 e. The lowest BCUT2D eigenvalue weighted by Gasteiger charge is -2.24. The number of aryl methyl sites for hydroxylation is 1.